The van der Waals surface area contributed by atoms with E-state index in [0.717, 1.165) is 18.4 Å². The molecule has 1 aliphatic heterocycles. The van der Waals surface area contributed by atoms with Crippen LogP contribution in [0.5, 0.6) is 0 Å². The molecule has 2 aliphatic rings. The number of hydrogen-bond donors (Lipinski definition) is 0. The van der Waals surface area contributed by atoms with Crippen molar-refractivity contribution in [3.05, 3.63) is 41.7 Å². The van der Waals surface area contributed by atoms with Gasteiger partial charge in [-0.25, -0.2) is 14.9 Å². The minimum absolute atomic E-state index is 0.274. The molecular weight excluding hydrogens is 292 g/mol. The maximum Gasteiger partial charge on any atom is 0.268 e. The van der Waals surface area contributed by atoms with Crippen LogP contribution >= 0.6 is 0 Å². The van der Waals surface area contributed by atoms with E-state index in [1.807, 2.05) is 17.9 Å². The monoisotopic (exact) mass is 308 g/mol. The first-order valence-electron chi connectivity index (χ1n) is 7.64. The number of aromatic nitrogens is 2. The minimum atomic E-state index is -0.346. The zero-order valence-electron chi connectivity index (χ0n) is 13.0. The molecule has 0 bridgehead atoms. The van der Waals surface area contributed by atoms with E-state index in [4.69, 9.17) is 0 Å². The van der Waals surface area contributed by atoms with Crippen LogP contribution in [-0.2, 0) is 4.79 Å². The Bertz CT molecular complexity index is 829. The normalized spacial score (nSPS) is 16.7. The maximum absolute atomic E-state index is 13.0. The van der Waals surface area contributed by atoms with E-state index in [1.54, 1.807) is 24.5 Å². The van der Waals surface area contributed by atoms with Crippen molar-refractivity contribution >= 4 is 29.1 Å². The topological polar surface area (TPSA) is 66.4 Å². The van der Waals surface area contributed by atoms with E-state index in [0.29, 0.717) is 22.9 Å². The number of rotatable bonds is 1. The summed E-state index contributed by atoms with van der Waals surface area (Å²) in [6, 6.07) is 5.53. The number of carbonyl (C=O) groups excluding carboxylic acids is 2. The van der Waals surface area contributed by atoms with Crippen LogP contribution in [0.4, 0.5) is 17.3 Å². The third-order valence-corrected chi connectivity index (χ3v) is 4.23. The maximum atomic E-state index is 13.0. The van der Waals surface area contributed by atoms with Crippen LogP contribution in [0.3, 0.4) is 0 Å². The zero-order valence-corrected chi connectivity index (χ0v) is 13.0. The molecule has 0 atom stereocenters. The number of pyridine rings is 2. The standard InChI is InChI=1S/C17H16N4O2/c1-10-7-9-19-16-14(10)20(11(2)22)17(23)13-4-3-8-18-15(13)21(16)12-5-6-12/h3-4,7-9,12H,5-6H2,1-2H3. The Hall–Kier alpha value is -2.76. The number of nitrogens with zero attached hydrogens (tertiary/aromatic N) is 4. The first-order valence-corrected chi connectivity index (χ1v) is 7.64. The van der Waals surface area contributed by atoms with Crippen molar-refractivity contribution in [2.75, 3.05) is 9.80 Å². The number of aryl methyl sites for hydroxylation is 1. The lowest BCUT2D eigenvalue weighted by Crippen LogP contribution is -2.35. The smallest absolute Gasteiger partial charge is 0.268 e. The van der Waals surface area contributed by atoms with Gasteiger partial charge in [0.15, 0.2) is 5.82 Å². The fraction of sp³-hybridized carbons (Fsp3) is 0.294. The molecule has 6 nitrogen and oxygen atoms in total. The molecule has 1 saturated carbocycles. The molecule has 0 radical (unpaired) electrons. The summed E-state index contributed by atoms with van der Waals surface area (Å²) in [6.45, 7) is 3.29. The van der Waals surface area contributed by atoms with Gasteiger partial charge in [0.1, 0.15) is 5.82 Å². The highest BCUT2D eigenvalue weighted by Crippen LogP contribution is 2.45. The van der Waals surface area contributed by atoms with Gasteiger partial charge in [-0.1, -0.05) is 0 Å². The summed E-state index contributed by atoms with van der Waals surface area (Å²) in [4.78, 5) is 37.4. The molecule has 2 aromatic heterocycles. The van der Waals surface area contributed by atoms with Crippen molar-refractivity contribution in [2.45, 2.75) is 32.7 Å². The van der Waals surface area contributed by atoms with Crippen LogP contribution in [0.1, 0.15) is 35.7 Å². The second-order valence-electron chi connectivity index (χ2n) is 5.94. The number of fused-ring (bicyclic) bond motifs is 2. The molecule has 1 fully saturated rings. The number of carbonyl (C=O) groups is 2. The van der Waals surface area contributed by atoms with Gasteiger partial charge in [0.25, 0.3) is 5.91 Å². The molecule has 2 amide bonds. The van der Waals surface area contributed by atoms with Crippen LogP contribution in [0.25, 0.3) is 0 Å². The summed E-state index contributed by atoms with van der Waals surface area (Å²) in [7, 11) is 0. The summed E-state index contributed by atoms with van der Waals surface area (Å²) < 4.78 is 0. The zero-order chi connectivity index (χ0) is 16.1. The predicted molar refractivity (Wildman–Crippen MR) is 85.9 cm³/mol. The van der Waals surface area contributed by atoms with Gasteiger partial charge in [-0.15, -0.1) is 0 Å². The lowest BCUT2D eigenvalue weighted by Gasteiger charge is -2.25. The number of amides is 2. The largest absolute Gasteiger partial charge is 0.305 e. The van der Waals surface area contributed by atoms with Crippen LogP contribution in [0.15, 0.2) is 30.6 Å². The number of hydrogen-bond acceptors (Lipinski definition) is 5. The Labute approximate surface area is 133 Å². The number of anilines is 3. The first kappa shape index (κ1) is 13.9. The van der Waals surface area contributed by atoms with Gasteiger partial charge in [0.05, 0.1) is 11.3 Å². The lowest BCUT2D eigenvalue weighted by atomic mass is 10.2. The fourth-order valence-electron chi connectivity index (χ4n) is 3.05. The molecule has 2 aromatic rings. The third-order valence-electron chi connectivity index (χ3n) is 4.23. The Morgan fingerprint density at radius 1 is 1.17 bits per heavy atom. The summed E-state index contributed by atoms with van der Waals surface area (Å²) in [5, 5.41) is 0. The minimum Gasteiger partial charge on any atom is -0.305 e. The van der Waals surface area contributed by atoms with Crippen LogP contribution < -0.4 is 9.80 Å². The van der Waals surface area contributed by atoms with Crippen molar-refractivity contribution < 1.29 is 9.59 Å². The summed E-state index contributed by atoms with van der Waals surface area (Å²) in [5.74, 6) is 0.553. The molecule has 0 N–H and O–H groups in total. The highest BCUT2D eigenvalue weighted by Gasteiger charge is 2.41. The van der Waals surface area contributed by atoms with Crippen LogP contribution in [0, 0.1) is 6.92 Å². The van der Waals surface area contributed by atoms with Gasteiger partial charge in [-0.05, 0) is 43.5 Å². The van der Waals surface area contributed by atoms with Crippen LogP contribution in [0.2, 0.25) is 0 Å². The third kappa shape index (κ3) is 2.02. The Balaban J connectivity index is 2.07. The average Bonchev–Trinajstić information content (AvgIpc) is 3.35. The van der Waals surface area contributed by atoms with Gasteiger partial charge >= 0.3 is 0 Å². The van der Waals surface area contributed by atoms with E-state index in [2.05, 4.69) is 9.97 Å². The Morgan fingerprint density at radius 2 is 1.91 bits per heavy atom. The molecule has 0 spiro atoms. The molecule has 3 heterocycles. The number of imide groups is 1. The Kier molecular flexibility index (Phi) is 2.94. The van der Waals surface area contributed by atoms with E-state index in [-0.39, 0.29) is 17.9 Å². The van der Waals surface area contributed by atoms with Gasteiger partial charge in [-0.3, -0.25) is 9.59 Å². The van der Waals surface area contributed by atoms with Crippen molar-refractivity contribution in [1.82, 2.24) is 9.97 Å². The summed E-state index contributed by atoms with van der Waals surface area (Å²) >= 11 is 0. The second-order valence-corrected chi connectivity index (χ2v) is 5.94. The molecule has 0 saturated heterocycles. The average molecular weight is 308 g/mol. The molecule has 6 heteroatoms. The molecule has 0 aromatic carbocycles. The van der Waals surface area contributed by atoms with Gasteiger partial charge in [0, 0.05) is 25.4 Å². The van der Waals surface area contributed by atoms with Gasteiger partial charge < -0.3 is 4.90 Å². The second kappa shape index (κ2) is 4.87. The van der Waals surface area contributed by atoms with E-state index in [1.165, 1.54) is 11.8 Å². The highest BCUT2D eigenvalue weighted by molar-refractivity contribution is 6.25. The van der Waals surface area contributed by atoms with Crippen molar-refractivity contribution in [2.24, 2.45) is 0 Å². The van der Waals surface area contributed by atoms with Gasteiger partial charge in [-0.2, -0.15) is 0 Å². The molecule has 0 unspecified atom stereocenters. The van der Waals surface area contributed by atoms with E-state index >= 15 is 0 Å². The SMILES string of the molecule is CC(=O)N1C(=O)c2cccnc2N(C2CC2)c2nccc(C)c21. The van der Waals surface area contributed by atoms with E-state index in [9.17, 15) is 9.59 Å². The molecular formula is C17H16N4O2. The first-order chi connectivity index (χ1) is 11.1. The molecule has 1 aliphatic carbocycles. The fourth-order valence-corrected chi connectivity index (χ4v) is 3.05. The molecule has 23 heavy (non-hydrogen) atoms. The molecule has 116 valence electrons. The van der Waals surface area contributed by atoms with E-state index < -0.39 is 0 Å². The highest BCUT2D eigenvalue weighted by atomic mass is 16.2. The Morgan fingerprint density at radius 3 is 2.61 bits per heavy atom. The summed E-state index contributed by atoms with van der Waals surface area (Å²) in [5.41, 5.74) is 1.85. The van der Waals surface area contributed by atoms with Crippen LogP contribution in [-0.4, -0.2) is 27.8 Å². The van der Waals surface area contributed by atoms with Gasteiger partial charge in [0.2, 0.25) is 5.91 Å². The quantitative estimate of drug-likeness (QED) is 0.810. The molecule has 4 rings (SSSR count). The van der Waals surface area contributed by atoms with Crippen molar-refractivity contribution in [3.63, 3.8) is 0 Å². The summed E-state index contributed by atoms with van der Waals surface area (Å²) in [6.07, 6.45) is 5.43. The predicted octanol–water partition coefficient (Wildman–Crippen LogP) is 2.59. The lowest BCUT2D eigenvalue weighted by molar-refractivity contribution is -0.115. The van der Waals surface area contributed by atoms with Crippen molar-refractivity contribution in [1.29, 1.82) is 0 Å². The van der Waals surface area contributed by atoms with Crippen molar-refractivity contribution in [3.8, 4) is 0 Å².